The number of ether oxygens (including phenoxy) is 1. The monoisotopic (exact) mass is 404 g/mol. The normalized spacial score (nSPS) is 11.1. The number of para-hydroxylation sites is 1. The molecule has 0 aliphatic carbocycles. The van der Waals surface area contributed by atoms with Crippen LogP contribution < -0.4 is 14.4 Å². The molecule has 7 heteroatoms. The second kappa shape index (κ2) is 9.59. The van der Waals surface area contributed by atoms with Crippen molar-refractivity contribution >= 4 is 21.6 Å². The van der Waals surface area contributed by atoms with Gasteiger partial charge in [-0.3, -0.25) is 9.10 Å². The topological polar surface area (TPSA) is 75.7 Å². The largest absolute Gasteiger partial charge is 0.494 e. The van der Waals surface area contributed by atoms with Gasteiger partial charge < -0.3 is 10.1 Å². The van der Waals surface area contributed by atoms with Crippen molar-refractivity contribution < 1.29 is 17.9 Å². The highest BCUT2D eigenvalue weighted by atomic mass is 32.2. The van der Waals surface area contributed by atoms with E-state index in [9.17, 15) is 13.2 Å². The Morgan fingerprint density at radius 1 is 1.18 bits per heavy atom. The molecule has 1 N–H and O–H groups in total. The fourth-order valence-corrected chi connectivity index (χ4v) is 3.41. The lowest BCUT2D eigenvalue weighted by Crippen LogP contribution is -2.27. The van der Waals surface area contributed by atoms with Gasteiger partial charge in [-0.25, -0.2) is 8.42 Å². The van der Waals surface area contributed by atoms with Crippen molar-refractivity contribution in [3.05, 3.63) is 59.2 Å². The Morgan fingerprint density at radius 2 is 1.89 bits per heavy atom. The van der Waals surface area contributed by atoms with Crippen LogP contribution in [-0.2, 0) is 16.4 Å². The molecule has 0 saturated heterocycles. The van der Waals surface area contributed by atoms with Crippen molar-refractivity contribution in [3.63, 3.8) is 0 Å². The van der Waals surface area contributed by atoms with E-state index in [2.05, 4.69) is 5.32 Å². The molecule has 0 saturated carbocycles. The molecule has 0 aromatic heterocycles. The van der Waals surface area contributed by atoms with Crippen LogP contribution in [0.5, 0.6) is 5.75 Å². The number of hydrogen-bond acceptors (Lipinski definition) is 4. The minimum Gasteiger partial charge on any atom is -0.494 e. The van der Waals surface area contributed by atoms with Crippen LogP contribution in [0.15, 0.2) is 42.5 Å². The van der Waals surface area contributed by atoms with Crippen LogP contribution in [0.1, 0.15) is 34.8 Å². The van der Waals surface area contributed by atoms with Crippen LogP contribution in [0.25, 0.3) is 0 Å². The molecule has 2 rings (SSSR count). The molecule has 28 heavy (non-hydrogen) atoms. The van der Waals surface area contributed by atoms with Gasteiger partial charge in [0.1, 0.15) is 5.75 Å². The second-order valence-corrected chi connectivity index (χ2v) is 8.65. The van der Waals surface area contributed by atoms with Crippen molar-refractivity contribution in [2.24, 2.45) is 0 Å². The van der Waals surface area contributed by atoms with Crippen LogP contribution >= 0.6 is 0 Å². The third-order valence-electron chi connectivity index (χ3n) is 4.49. The van der Waals surface area contributed by atoms with E-state index < -0.39 is 10.0 Å². The SMILES string of the molecule is CCOc1ccccc1CCCNC(=O)c1ccc(C)c(N(C)S(C)(=O)=O)c1. The fraction of sp³-hybridized carbons (Fsp3) is 0.381. The summed E-state index contributed by atoms with van der Waals surface area (Å²) in [6.07, 6.45) is 2.71. The fourth-order valence-electron chi connectivity index (χ4n) is 2.86. The summed E-state index contributed by atoms with van der Waals surface area (Å²) in [5.41, 5.74) is 2.84. The molecule has 152 valence electrons. The summed E-state index contributed by atoms with van der Waals surface area (Å²) in [4.78, 5) is 12.5. The lowest BCUT2D eigenvalue weighted by Gasteiger charge is -2.19. The first-order valence-corrected chi connectivity index (χ1v) is 11.1. The average molecular weight is 405 g/mol. The van der Waals surface area contributed by atoms with E-state index >= 15 is 0 Å². The third-order valence-corrected chi connectivity index (χ3v) is 5.68. The maximum atomic E-state index is 12.5. The maximum absolute atomic E-state index is 12.5. The number of nitrogens with zero attached hydrogens (tertiary/aromatic N) is 1. The summed E-state index contributed by atoms with van der Waals surface area (Å²) < 4.78 is 30.4. The predicted octanol–water partition coefficient (Wildman–Crippen LogP) is 3.15. The first kappa shape index (κ1) is 21.8. The molecule has 0 heterocycles. The van der Waals surface area contributed by atoms with Gasteiger partial charge in [0, 0.05) is 19.2 Å². The van der Waals surface area contributed by atoms with E-state index in [1.54, 1.807) is 18.2 Å². The highest BCUT2D eigenvalue weighted by Gasteiger charge is 2.16. The number of rotatable bonds is 9. The van der Waals surface area contributed by atoms with Crippen molar-refractivity contribution in [2.75, 3.05) is 30.8 Å². The van der Waals surface area contributed by atoms with Crippen LogP contribution in [0.2, 0.25) is 0 Å². The van der Waals surface area contributed by atoms with E-state index in [-0.39, 0.29) is 5.91 Å². The molecular weight excluding hydrogens is 376 g/mol. The molecule has 2 aromatic carbocycles. The lowest BCUT2D eigenvalue weighted by molar-refractivity contribution is 0.0953. The summed E-state index contributed by atoms with van der Waals surface area (Å²) in [6.45, 7) is 4.90. The Morgan fingerprint density at radius 3 is 2.57 bits per heavy atom. The van der Waals surface area contributed by atoms with Gasteiger partial charge in [0.2, 0.25) is 10.0 Å². The zero-order valence-corrected chi connectivity index (χ0v) is 17.7. The number of carbonyl (C=O) groups excluding carboxylic acids is 1. The molecule has 2 aromatic rings. The Balaban J connectivity index is 1.97. The number of benzene rings is 2. The standard InChI is InChI=1S/C21H28N2O4S/c1-5-27-20-11-7-6-9-17(20)10-8-14-22-21(24)18-13-12-16(2)19(15-18)23(3)28(4,25)26/h6-7,9,11-13,15H,5,8,10,14H2,1-4H3,(H,22,24). The number of carbonyl (C=O) groups is 1. The molecule has 0 atom stereocenters. The van der Waals surface area contributed by atoms with E-state index in [0.717, 1.165) is 36.0 Å². The van der Waals surface area contributed by atoms with E-state index in [4.69, 9.17) is 4.74 Å². The second-order valence-electron chi connectivity index (χ2n) is 6.63. The molecule has 0 unspecified atom stereocenters. The van der Waals surface area contributed by atoms with Crippen LogP contribution in [0, 0.1) is 6.92 Å². The predicted molar refractivity (Wildman–Crippen MR) is 113 cm³/mol. The van der Waals surface area contributed by atoms with Gasteiger partial charge in [-0.1, -0.05) is 24.3 Å². The van der Waals surface area contributed by atoms with Gasteiger partial charge in [-0.15, -0.1) is 0 Å². The third kappa shape index (κ3) is 5.73. The Kier molecular flexibility index (Phi) is 7.45. The maximum Gasteiger partial charge on any atom is 0.251 e. The number of sulfonamides is 1. The number of anilines is 1. The molecule has 0 spiro atoms. The first-order chi connectivity index (χ1) is 13.2. The number of amides is 1. The Hall–Kier alpha value is -2.54. The molecule has 0 bridgehead atoms. The van der Waals surface area contributed by atoms with Crippen molar-refractivity contribution in [3.8, 4) is 5.75 Å². The Labute approximate surface area is 167 Å². The zero-order valence-electron chi connectivity index (χ0n) is 16.9. The number of aryl methyl sites for hydroxylation is 2. The van der Waals surface area contributed by atoms with Gasteiger partial charge in [0.05, 0.1) is 18.6 Å². The zero-order chi connectivity index (χ0) is 20.7. The van der Waals surface area contributed by atoms with Crippen molar-refractivity contribution in [1.29, 1.82) is 0 Å². The quantitative estimate of drug-likeness (QED) is 0.652. The number of hydrogen-bond donors (Lipinski definition) is 1. The Bertz CT molecular complexity index is 926. The first-order valence-electron chi connectivity index (χ1n) is 9.27. The van der Waals surface area contributed by atoms with Gasteiger partial charge in [-0.05, 0) is 56.0 Å². The van der Waals surface area contributed by atoms with Crippen molar-refractivity contribution in [1.82, 2.24) is 5.32 Å². The molecule has 0 fully saturated rings. The summed E-state index contributed by atoms with van der Waals surface area (Å²) in [7, 11) is -1.91. The molecule has 0 aliphatic rings. The number of nitrogens with one attached hydrogen (secondary N) is 1. The highest BCUT2D eigenvalue weighted by Crippen LogP contribution is 2.23. The smallest absolute Gasteiger partial charge is 0.251 e. The molecule has 6 nitrogen and oxygen atoms in total. The van der Waals surface area contributed by atoms with Crippen LogP contribution in [0.3, 0.4) is 0 Å². The molecular formula is C21H28N2O4S. The van der Waals surface area contributed by atoms with Crippen LogP contribution in [-0.4, -0.2) is 40.8 Å². The molecule has 0 radical (unpaired) electrons. The minimum absolute atomic E-state index is 0.221. The highest BCUT2D eigenvalue weighted by molar-refractivity contribution is 7.92. The van der Waals surface area contributed by atoms with E-state index in [0.29, 0.717) is 24.4 Å². The van der Waals surface area contributed by atoms with Gasteiger partial charge in [0.25, 0.3) is 5.91 Å². The van der Waals surface area contributed by atoms with E-state index in [1.807, 2.05) is 38.1 Å². The summed E-state index contributed by atoms with van der Waals surface area (Å²) in [6, 6.07) is 13.0. The van der Waals surface area contributed by atoms with Crippen LogP contribution in [0.4, 0.5) is 5.69 Å². The van der Waals surface area contributed by atoms with Gasteiger partial charge >= 0.3 is 0 Å². The van der Waals surface area contributed by atoms with Gasteiger partial charge in [-0.2, -0.15) is 0 Å². The van der Waals surface area contributed by atoms with Crippen molar-refractivity contribution in [2.45, 2.75) is 26.7 Å². The molecule has 0 aliphatic heterocycles. The van der Waals surface area contributed by atoms with E-state index in [1.165, 1.54) is 11.4 Å². The lowest BCUT2D eigenvalue weighted by atomic mass is 10.1. The summed E-state index contributed by atoms with van der Waals surface area (Å²) in [5.74, 6) is 0.657. The summed E-state index contributed by atoms with van der Waals surface area (Å²) in [5, 5.41) is 2.90. The van der Waals surface area contributed by atoms with Gasteiger partial charge in [0.15, 0.2) is 0 Å². The summed E-state index contributed by atoms with van der Waals surface area (Å²) >= 11 is 0. The minimum atomic E-state index is -3.39. The molecule has 1 amide bonds. The average Bonchev–Trinajstić information content (AvgIpc) is 2.65.